The molecule has 5 heterocycles. The minimum Gasteiger partial charge on any atom is -0.793 e. The van der Waals surface area contributed by atoms with Gasteiger partial charge < -0.3 is 60.0 Å². The Hall–Kier alpha value is -3.45. The van der Waals surface area contributed by atoms with Crippen LogP contribution >= 0.6 is 0 Å². The number of ether oxygens (including phenoxy) is 4. The molecule has 5 saturated heterocycles. The molecule has 3 radical (unpaired) electrons. The Kier molecular flexibility index (Phi) is 32.1. The number of hydrogen-bond donors (Lipinski definition) is 0. The minimum atomic E-state index is -1.35. The number of carbonyl (C=O) groups excluding carboxylic acids is 8. The molecule has 5 aliphatic heterocycles. The predicted octanol–water partition coefficient (Wildman–Crippen LogP) is 5.82. The van der Waals surface area contributed by atoms with Gasteiger partial charge in [-0.15, -0.1) is 0 Å². The second kappa shape index (κ2) is 33.5. The van der Waals surface area contributed by atoms with Crippen LogP contribution in [0.15, 0.2) is 0 Å². The van der Waals surface area contributed by atoms with Gasteiger partial charge >= 0.3 is 79.9 Å². The smallest absolute Gasteiger partial charge is 0.793 e. The zero-order valence-corrected chi connectivity index (χ0v) is 54.8. The first-order chi connectivity index (χ1) is 36.8. The molecule has 0 N–H and O–H groups in total. The molecule has 463 valence electrons. The van der Waals surface area contributed by atoms with E-state index in [2.05, 4.69) is 55.1 Å². The first-order valence-electron chi connectivity index (χ1n) is 28.1. The fourth-order valence-electron chi connectivity index (χ4n) is 10.5. The maximum atomic E-state index is 13.5. The van der Waals surface area contributed by atoms with E-state index < -0.39 is 69.5 Å². The van der Waals surface area contributed by atoms with Gasteiger partial charge in [-0.05, 0) is 179 Å². The Bertz CT molecular complexity index is 2040. The van der Waals surface area contributed by atoms with Crippen LogP contribution < -0.4 is 29.6 Å². The first-order valence-corrected chi connectivity index (χ1v) is 28.1. The molecule has 5 rings (SSSR count). The van der Waals surface area contributed by atoms with Gasteiger partial charge in [-0.2, -0.15) is 0 Å². The Morgan fingerprint density at radius 2 is 0.927 bits per heavy atom. The van der Waals surface area contributed by atoms with E-state index >= 15 is 0 Å². The molecular weight excluding hydrogens is 1070 g/mol. The molecular formula is C56H100B3N3NaO19. The van der Waals surface area contributed by atoms with Crippen LogP contribution in [0.3, 0.4) is 0 Å². The summed E-state index contributed by atoms with van der Waals surface area (Å²) in [5, 5.41) is 0. The molecule has 0 aromatic carbocycles. The third-order valence-electron chi connectivity index (χ3n) is 15.7. The maximum Gasteiger partial charge on any atom is 1.00 e. The molecule has 0 aliphatic carbocycles. The Morgan fingerprint density at radius 3 is 1.24 bits per heavy atom. The number of rotatable bonds is 15. The number of amides is 2. The van der Waals surface area contributed by atoms with Crippen molar-refractivity contribution in [3.8, 4) is 0 Å². The van der Waals surface area contributed by atoms with E-state index in [9.17, 15) is 38.4 Å². The average molecular weight is 1170 g/mol. The molecule has 0 aromatic rings. The molecule has 0 spiro atoms. The molecule has 4 unspecified atom stereocenters. The predicted molar refractivity (Wildman–Crippen MR) is 305 cm³/mol. The number of likely N-dealkylation sites (tertiary alicyclic amines) is 3. The van der Waals surface area contributed by atoms with Crippen LogP contribution in [0.2, 0.25) is 12.6 Å². The molecule has 0 saturated carbocycles. The second-order valence-corrected chi connectivity index (χ2v) is 25.1. The molecule has 0 aromatic heterocycles. The summed E-state index contributed by atoms with van der Waals surface area (Å²) in [6.07, 6.45) is 9.42. The third kappa shape index (κ3) is 22.4. The van der Waals surface area contributed by atoms with Gasteiger partial charge in [-0.1, -0.05) is 26.7 Å². The van der Waals surface area contributed by atoms with E-state index in [4.69, 9.17) is 37.6 Å². The van der Waals surface area contributed by atoms with Crippen LogP contribution in [0.5, 0.6) is 0 Å². The van der Waals surface area contributed by atoms with Crippen LogP contribution in [-0.2, 0) is 80.8 Å². The topological polar surface area (TPSA) is 248 Å². The van der Waals surface area contributed by atoms with Crippen molar-refractivity contribution in [3.05, 3.63) is 0 Å². The molecule has 26 heteroatoms. The zero-order chi connectivity index (χ0) is 61.3. The number of hydrogen-bond acceptors (Lipinski definition) is 20. The van der Waals surface area contributed by atoms with Gasteiger partial charge in [0.1, 0.15) is 23.0 Å². The SMILES string of the molecule is C.CC(=O)OOC(C)=O.COC(=O)C1(CC=O)C(CCCB2OC(C)(C)C(C)(C)O2)CCN1C(=O)OC(C)(C)C.COC(=O)C1(CCN2CCCCC2)C(CCCB2OC(C)(C)C(C)(C)O2)CCN1C(=O)OC(C)(C)C.[B-]OC(C)=O.[Na+]. The number of nitrogens with zero attached hydrogens (tertiary/aromatic N) is 3. The van der Waals surface area contributed by atoms with Crippen molar-refractivity contribution in [1.29, 1.82) is 0 Å². The fraction of sp³-hybridized carbons (Fsp3) is 0.857. The summed E-state index contributed by atoms with van der Waals surface area (Å²) in [7, 11) is 6.44. The molecule has 0 bridgehead atoms. The van der Waals surface area contributed by atoms with Crippen molar-refractivity contribution < 1.29 is 120 Å². The van der Waals surface area contributed by atoms with Crippen LogP contribution in [0.25, 0.3) is 0 Å². The molecule has 22 nitrogen and oxygen atoms in total. The summed E-state index contributed by atoms with van der Waals surface area (Å²) in [6.45, 7) is 34.3. The number of methoxy groups -OCH3 is 2. The monoisotopic (exact) mass is 1170 g/mol. The van der Waals surface area contributed by atoms with Crippen LogP contribution in [0, 0.1) is 11.8 Å². The first kappa shape index (κ1) is 78.6. The van der Waals surface area contributed by atoms with Crippen LogP contribution in [-0.4, -0.2) is 177 Å². The summed E-state index contributed by atoms with van der Waals surface area (Å²) in [4.78, 5) is 107. The van der Waals surface area contributed by atoms with Gasteiger partial charge in [0, 0.05) is 46.8 Å². The van der Waals surface area contributed by atoms with E-state index in [0.717, 1.165) is 65.5 Å². The van der Waals surface area contributed by atoms with Gasteiger partial charge in [0.05, 0.1) is 36.6 Å². The zero-order valence-electron chi connectivity index (χ0n) is 52.8. The van der Waals surface area contributed by atoms with Crippen molar-refractivity contribution in [3.63, 3.8) is 0 Å². The second-order valence-electron chi connectivity index (χ2n) is 25.1. The summed E-state index contributed by atoms with van der Waals surface area (Å²) >= 11 is 0. The van der Waals surface area contributed by atoms with Crippen molar-refractivity contribution in [2.75, 3.05) is 46.9 Å². The Labute approximate surface area is 514 Å². The number of piperidine rings is 1. The molecule has 5 fully saturated rings. The maximum absolute atomic E-state index is 13.5. The van der Waals surface area contributed by atoms with E-state index in [1.807, 2.05) is 48.5 Å². The minimum absolute atomic E-state index is 0. The van der Waals surface area contributed by atoms with Gasteiger partial charge in [0.2, 0.25) is 5.97 Å². The van der Waals surface area contributed by atoms with Gasteiger partial charge in [-0.25, -0.2) is 38.5 Å². The standard InChI is InChI=1S/C27H49BN2O6.C22H38BNO7.C4H6O4.C2H3BO2.CH4.Na/c1-24(2,3)34-23(32)30-19-14-21(13-12-16-28-35-25(4,5)26(6,7)36-28)27(30,22(31)33-8)15-20-29-17-10-9-11-18-29;1-19(2,3)29-18(27)24-14-11-16(22(24,12-15-25)17(26)28-8)10-9-13-23-30-20(4,5)21(6,7)31-23;1-3(5)7-8-4(2)6;1-2(4)5-3;;/h21H,9-20H2,1-8H3;15-16H,9-14H2,1-8H3;1-2H3;1H3;1H4;/q;;;-1;;+1. The number of esters is 2. The quantitative estimate of drug-likeness (QED) is 0.0468. The van der Waals surface area contributed by atoms with Gasteiger partial charge in [0.25, 0.3) is 0 Å². The Balaban J connectivity index is 0.00000130. The van der Waals surface area contributed by atoms with Crippen LogP contribution in [0.1, 0.15) is 196 Å². The van der Waals surface area contributed by atoms with Gasteiger partial charge in [0.15, 0.2) is 5.54 Å². The summed E-state index contributed by atoms with van der Waals surface area (Å²) in [5.74, 6) is -2.89. The fourth-order valence-corrected chi connectivity index (χ4v) is 10.5. The van der Waals surface area contributed by atoms with E-state index in [-0.39, 0.29) is 86.6 Å². The summed E-state index contributed by atoms with van der Waals surface area (Å²) in [5.41, 5.74) is -5.24. The third-order valence-corrected chi connectivity index (χ3v) is 15.7. The Morgan fingerprint density at radius 1 is 0.585 bits per heavy atom. The molecule has 4 atom stereocenters. The normalized spacial score (nSPS) is 24.0. The molecule has 5 aliphatic rings. The summed E-state index contributed by atoms with van der Waals surface area (Å²) in [6, 6.07) is 0. The molecule has 2 amide bonds. The van der Waals surface area contributed by atoms with E-state index in [1.165, 1.54) is 45.3 Å². The summed E-state index contributed by atoms with van der Waals surface area (Å²) < 4.78 is 49.8. The van der Waals surface area contributed by atoms with Crippen molar-refractivity contribution >= 4 is 70.6 Å². The largest absolute Gasteiger partial charge is 1.00 e. The van der Waals surface area contributed by atoms with Crippen molar-refractivity contribution in [1.82, 2.24) is 14.7 Å². The number of carbonyl (C=O) groups is 8. The van der Waals surface area contributed by atoms with Gasteiger partial charge in [-0.3, -0.25) is 14.6 Å². The molecule has 82 heavy (non-hydrogen) atoms. The van der Waals surface area contributed by atoms with Crippen molar-refractivity contribution in [2.24, 2.45) is 11.8 Å². The van der Waals surface area contributed by atoms with Crippen LogP contribution in [0.4, 0.5) is 9.59 Å². The number of aldehydes is 1. The van der Waals surface area contributed by atoms with E-state index in [1.54, 1.807) is 25.7 Å². The average Bonchev–Trinajstić information content (AvgIpc) is 4.04. The van der Waals surface area contributed by atoms with Crippen molar-refractivity contribution in [2.45, 2.75) is 253 Å². The van der Waals surface area contributed by atoms with E-state index in [0.29, 0.717) is 45.0 Å².